The van der Waals surface area contributed by atoms with Gasteiger partial charge in [-0.2, -0.15) is 0 Å². The second kappa shape index (κ2) is 6.00. The summed E-state index contributed by atoms with van der Waals surface area (Å²) in [5.74, 6) is 0.948. The minimum atomic E-state index is -0.0296. The van der Waals surface area contributed by atoms with Crippen LogP contribution in [-0.2, 0) is 17.8 Å². The van der Waals surface area contributed by atoms with Gasteiger partial charge in [-0.3, -0.25) is 9.20 Å². The Morgan fingerprint density at radius 1 is 1.33 bits per heavy atom. The van der Waals surface area contributed by atoms with Crippen molar-refractivity contribution in [1.29, 1.82) is 0 Å². The number of nitrogens with zero attached hydrogens (tertiary/aromatic N) is 4. The molecule has 0 spiro atoms. The highest BCUT2D eigenvalue weighted by molar-refractivity contribution is 7.18. The van der Waals surface area contributed by atoms with E-state index in [1.807, 2.05) is 35.6 Å². The Bertz CT molecular complexity index is 1230. The first-order chi connectivity index (χ1) is 13.0. The summed E-state index contributed by atoms with van der Waals surface area (Å²) in [6.45, 7) is 6.90. The summed E-state index contributed by atoms with van der Waals surface area (Å²) in [7, 11) is 0. The first-order valence-electron chi connectivity index (χ1n) is 9.12. The topological polar surface area (TPSA) is 61.4 Å². The van der Waals surface area contributed by atoms with Crippen molar-refractivity contribution in [3.8, 4) is 5.69 Å². The number of thiophene rings is 1. The maximum Gasteiger partial charge on any atom is 0.268 e. The van der Waals surface area contributed by atoms with Crippen LogP contribution in [0.2, 0.25) is 0 Å². The van der Waals surface area contributed by atoms with Crippen molar-refractivity contribution >= 4 is 27.3 Å². The fraction of sp³-hybridized carbons (Fsp3) is 0.350. The molecule has 1 unspecified atom stereocenters. The highest BCUT2D eigenvalue weighted by Crippen LogP contribution is 2.36. The van der Waals surface area contributed by atoms with Crippen LogP contribution in [0.1, 0.15) is 29.9 Å². The first kappa shape index (κ1) is 16.6. The minimum Gasteiger partial charge on any atom is -0.372 e. The third-order valence-electron chi connectivity index (χ3n) is 5.27. The van der Waals surface area contributed by atoms with Gasteiger partial charge < -0.3 is 4.74 Å². The molecule has 4 aromatic rings. The fourth-order valence-corrected chi connectivity index (χ4v) is 5.03. The Hall–Kier alpha value is -2.51. The summed E-state index contributed by atoms with van der Waals surface area (Å²) >= 11 is 1.61. The van der Waals surface area contributed by atoms with Gasteiger partial charge in [0.2, 0.25) is 5.78 Å². The van der Waals surface area contributed by atoms with Crippen LogP contribution in [0.4, 0.5) is 0 Å². The van der Waals surface area contributed by atoms with Gasteiger partial charge in [-0.15, -0.1) is 21.5 Å². The zero-order chi connectivity index (χ0) is 18.7. The molecule has 3 aromatic heterocycles. The van der Waals surface area contributed by atoms with E-state index >= 15 is 0 Å². The molecule has 1 aliphatic rings. The summed E-state index contributed by atoms with van der Waals surface area (Å²) < 4.78 is 9.62. The Balaban J connectivity index is 1.86. The number of hydrogen-bond donors (Lipinski definition) is 0. The van der Waals surface area contributed by atoms with Gasteiger partial charge >= 0.3 is 0 Å². The number of fused-ring (bicyclic) bond motifs is 5. The lowest BCUT2D eigenvalue weighted by Gasteiger charge is -2.26. The number of ether oxygens (including phenoxy) is 1. The average molecular weight is 380 g/mol. The van der Waals surface area contributed by atoms with Crippen molar-refractivity contribution in [2.45, 2.75) is 39.9 Å². The molecule has 7 heteroatoms. The van der Waals surface area contributed by atoms with E-state index in [1.165, 1.54) is 0 Å². The normalized spacial score (nSPS) is 17.1. The Morgan fingerprint density at radius 3 is 2.96 bits per heavy atom. The van der Waals surface area contributed by atoms with Crippen LogP contribution in [0.25, 0.3) is 21.7 Å². The van der Waals surface area contributed by atoms with E-state index in [0.29, 0.717) is 18.3 Å². The van der Waals surface area contributed by atoms with Gasteiger partial charge in [0.25, 0.3) is 5.56 Å². The van der Waals surface area contributed by atoms with Gasteiger partial charge in [-0.25, -0.2) is 4.57 Å². The smallest absolute Gasteiger partial charge is 0.268 e. The SMILES string of the molecule is Cc1cccc(-n2c(=O)c3c4c(sc3n3cnnc23)COC(C(C)C)C4)c1. The molecule has 27 heavy (non-hydrogen) atoms. The molecular formula is C20H20N4O2S. The molecule has 0 bridgehead atoms. The molecule has 6 nitrogen and oxygen atoms in total. The molecule has 0 saturated heterocycles. The van der Waals surface area contributed by atoms with Crippen molar-refractivity contribution in [2.24, 2.45) is 5.92 Å². The number of benzene rings is 1. The van der Waals surface area contributed by atoms with Crippen LogP contribution >= 0.6 is 11.3 Å². The number of hydrogen-bond acceptors (Lipinski definition) is 5. The van der Waals surface area contributed by atoms with Crippen LogP contribution < -0.4 is 5.56 Å². The second-order valence-electron chi connectivity index (χ2n) is 7.46. The van der Waals surface area contributed by atoms with E-state index in [1.54, 1.807) is 22.2 Å². The van der Waals surface area contributed by atoms with Crippen molar-refractivity contribution in [2.75, 3.05) is 0 Å². The van der Waals surface area contributed by atoms with Crippen LogP contribution in [-0.4, -0.2) is 25.3 Å². The van der Waals surface area contributed by atoms with E-state index in [0.717, 1.165) is 38.3 Å². The van der Waals surface area contributed by atoms with Gasteiger partial charge in [0.05, 0.1) is 23.8 Å². The molecular weight excluding hydrogens is 360 g/mol. The second-order valence-corrected chi connectivity index (χ2v) is 8.55. The van der Waals surface area contributed by atoms with Crippen LogP contribution in [0.5, 0.6) is 0 Å². The summed E-state index contributed by atoms with van der Waals surface area (Å²) in [5.41, 5.74) is 3.00. The Labute approximate surface area is 160 Å². The monoisotopic (exact) mass is 380 g/mol. The average Bonchev–Trinajstić information content (AvgIpc) is 3.25. The van der Waals surface area contributed by atoms with Crippen molar-refractivity contribution in [3.63, 3.8) is 0 Å². The van der Waals surface area contributed by atoms with Gasteiger partial charge in [-0.05, 0) is 36.1 Å². The molecule has 1 aromatic carbocycles. The molecule has 0 N–H and O–H groups in total. The summed E-state index contributed by atoms with van der Waals surface area (Å²) in [6, 6.07) is 7.92. The predicted molar refractivity (Wildman–Crippen MR) is 106 cm³/mol. The van der Waals surface area contributed by atoms with E-state index in [-0.39, 0.29) is 11.7 Å². The molecule has 0 saturated carbocycles. The van der Waals surface area contributed by atoms with E-state index in [9.17, 15) is 4.79 Å². The van der Waals surface area contributed by atoms with Crippen LogP contribution in [0.15, 0.2) is 35.4 Å². The van der Waals surface area contributed by atoms with Gasteiger partial charge in [0.1, 0.15) is 11.2 Å². The molecule has 0 aliphatic carbocycles. The molecule has 0 amide bonds. The van der Waals surface area contributed by atoms with E-state index in [4.69, 9.17) is 4.74 Å². The molecule has 5 rings (SSSR count). The quantitative estimate of drug-likeness (QED) is 0.534. The maximum atomic E-state index is 13.6. The third kappa shape index (κ3) is 2.45. The maximum absolute atomic E-state index is 13.6. The zero-order valence-corrected chi connectivity index (χ0v) is 16.3. The minimum absolute atomic E-state index is 0.0296. The molecule has 0 fully saturated rings. The summed E-state index contributed by atoms with van der Waals surface area (Å²) in [5, 5.41) is 9.09. The lowest BCUT2D eigenvalue weighted by Crippen LogP contribution is -2.28. The van der Waals surface area contributed by atoms with Crippen LogP contribution in [0, 0.1) is 12.8 Å². The van der Waals surface area contributed by atoms with E-state index in [2.05, 4.69) is 24.0 Å². The summed E-state index contributed by atoms with van der Waals surface area (Å²) in [4.78, 5) is 15.6. The van der Waals surface area contributed by atoms with Crippen molar-refractivity contribution < 1.29 is 4.74 Å². The molecule has 0 radical (unpaired) electrons. The largest absolute Gasteiger partial charge is 0.372 e. The highest BCUT2D eigenvalue weighted by atomic mass is 32.1. The van der Waals surface area contributed by atoms with Gasteiger partial charge in [0, 0.05) is 11.3 Å². The molecule has 4 heterocycles. The third-order valence-corrected chi connectivity index (χ3v) is 6.48. The van der Waals surface area contributed by atoms with E-state index < -0.39 is 0 Å². The van der Waals surface area contributed by atoms with Gasteiger partial charge in [-0.1, -0.05) is 26.0 Å². The fourth-order valence-electron chi connectivity index (χ4n) is 3.82. The van der Waals surface area contributed by atoms with Crippen molar-refractivity contribution in [1.82, 2.24) is 19.2 Å². The Morgan fingerprint density at radius 2 is 2.19 bits per heavy atom. The van der Waals surface area contributed by atoms with Crippen molar-refractivity contribution in [3.05, 3.63) is 57.0 Å². The van der Waals surface area contributed by atoms with Gasteiger partial charge in [0.15, 0.2) is 0 Å². The lowest BCUT2D eigenvalue weighted by atomic mass is 9.96. The number of rotatable bonds is 2. The molecule has 138 valence electrons. The van der Waals surface area contributed by atoms with Crippen LogP contribution in [0.3, 0.4) is 0 Å². The molecule has 1 aliphatic heterocycles. The number of aryl methyl sites for hydroxylation is 1. The predicted octanol–water partition coefficient (Wildman–Crippen LogP) is 3.50. The lowest BCUT2D eigenvalue weighted by molar-refractivity contribution is 0.00200. The number of aromatic nitrogens is 4. The zero-order valence-electron chi connectivity index (χ0n) is 15.5. The highest BCUT2D eigenvalue weighted by Gasteiger charge is 2.29. The Kier molecular flexibility index (Phi) is 3.70. The summed E-state index contributed by atoms with van der Waals surface area (Å²) in [6.07, 6.45) is 2.59. The first-order valence-corrected chi connectivity index (χ1v) is 9.94. The standard InChI is InChI=1S/C20H20N4O2S/c1-11(2)15-8-14-16(9-26-15)27-19-17(14)18(25)24(20-22-21-10-23(19)20)13-6-4-5-12(3)7-13/h4-7,10-11,15H,8-9H2,1-3H3. The molecule has 1 atom stereocenters.